The molecule has 0 saturated heterocycles. The molecule has 2 heterocycles. The molecule has 0 aliphatic heterocycles. The van der Waals surface area contributed by atoms with Crippen LogP contribution in [0.2, 0.25) is 0 Å². The highest BCUT2D eigenvalue weighted by molar-refractivity contribution is 7.90. The minimum absolute atomic E-state index is 0.261. The lowest BCUT2D eigenvalue weighted by molar-refractivity contribution is 0.602. The van der Waals surface area contributed by atoms with Crippen molar-refractivity contribution in [2.45, 2.75) is 11.8 Å². The molecule has 8 heteroatoms. The van der Waals surface area contributed by atoms with Gasteiger partial charge in [0.1, 0.15) is 11.5 Å². The summed E-state index contributed by atoms with van der Waals surface area (Å²) in [5.41, 5.74) is 2.67. The van der Waals surface area contributed by atoms with Gasteiger partial charge < -0.3 is 9.88 Å². The van der Waals surface area contributed by atoms with E-state index in [4.69, 9.17) is 0 Å². The molecule has 4 aromatic rings. The van der Waals surface area contributed by atoms with Gasteiger partial charge in [-0.2, -0.15) is 4.98 Å². The number of nitrogens with zero attached hydrogens (tertiary/aromatic N) is 3. The molecule has 142 valence electrons. The van der Waals surface area contributed by atoms with Crippen LogP contribution in [0.1, 0.15) is 5.56 Å². The highest BCUT2D eigenvalue weighted by atomic mass is 32.2. The fourth-order valence-corrected chi connectivity index (χ4v) is 3.52. The lowest BCUT2D eigenvalue weighted by Crippen LogP contribution is -2.01. The monoisotopic (exact) mass is 396 g/mol. The Labute approximate surface area is 161 Å². The molecule has 0 bridgehead atoms. The molecule has 2 aromatic carbocycles. The van der Waals surface area contributed by atoms with Crippen LogP contribution in [-0.4, -0.2) is 29.2 Å². The van der Waals surface area contributed by atoms with Crippen LogP contribution in [0.3, 0.4) is 0 Å². The van der Waals surface area contributed by atoms with E-state index in [0.29, 0.717) is 22.8 Å². The van der Waals surface area contributed by atoms with Crippen molar-refractivity contribution in [2.75, 3.05) is 11.6 Å². The van der Waals surface area contributed by atoms with E-state index in [9.17, 15) is 12.8 Å². The van der Waals surface area contributed by atoms with Gasteiger partial charge in [0.25, 0.3) is 0 Å². The summed E-state index contributed by atoms with van der Waals surface area (Å²) in [6.45, 7) is 1.69. The van der Waals surface area contributed by atoms with Gasteiger partial charge in [-0.05, 0) is 61.0 Å². The molecule has 28 heavy (non-hydrogen) atoms. The van der Waals surface area contributed by atoms with Gasteiger partial charge in [-0.25, -0.2) is 17.8 Å². The van der Waals surface area contributed by atoms with Gasteiger partial charge in [-0.1, -0.05) is 0 Å². The van der Waals surface area contributed by atoms with Crippen molar-refractivity contribution in [3.8, 4) is 5.69 Å². The molecule has 0 fully saturated rings. The van der Waals surface area contributed by atoms with E-state index in [-0.39, 0.29) is 10.7 Å². The van der Waals surface area contributed by atoms with Crippen molar-refractivity contribution < 1.29 is 12.8 Å². The maximum Gasteiger partial charge on any atom is 0.229 e. The van der Waals surface area contributed by atoms with Crippen LogP contribution in [0.4, 0.5) is 16.0 Å². The second kappa shape index (κ2) is 6.72. The van der Waals surface area contributed by atoms with Crippen molar-refractivity contribution in [2.24, 2.45) is 0 Å². The summed E-state index contributed by atoms with van der Waals surface area (Å²) >= 11 is 0. The van der Waals surface area contributed by atoms with Crippen molar-refractivity contribution in [1.29, 1.82) is 0 Å². The Morgan fingerprint density at radius 2 is 1.82 bits per heavy atom. The van der Waals surface area contributed by atoms with Crippen LogP contribution in [0, 0.1) is 12.7 Å². The second-order valence-corrected chi connectivity index (χ2v) is 8.53. The number of rotatable bonds is 4. The van der Waals surface area contributed by atoms with E-state index in [2.05, 4.69) is 15.3 Å². The third-order valence-electron chi connectivity index (χ3n) is 4.38. The minimum Gasteiger partial charge on any atom is -0.324 e. The SMILES string of the molecule is Cc1cc(Nc2ncc3ccn(-c4ccc(S(C)(=O)=O)cc4)c3n2)ccc1F. The number of aryl methyl sites for hydroxylation is 1. The van der Waals surface area contributed by atoms with E-state index in [1.54, 1.807) is 49.5 Å². The summed E-state index contributed by atoms with van der Waals surface area (Å²) in [5, 5.41) is 3.92. The molecule has 1 N–H and O–H groups in total. The summed E-state index contributed by atoms with van der Waals surface area (Å²) in [5.74, 6) is 0.111. The molecule has 4 rings (SSSR count). The number of anilines is 2. The largest absolute Gasteiger partial charge is 0.324 e. The molecule has 0 saturated carbocycles. The van der Waals surface area contributed by atoms with E-state index in [1.165, 1.54) is 12.3 Å². The maximum absolute atomic E-state index is 13.4. The van der Waals surface area contributed by atoms with E-state index >= 15 is 0 Å². The minimum atomic E-state index is -3.25. The Bertz CT molecular complexity index is 1280. The quantitative estimate of drug-likeness (QED) is 0.564. The fraction of sp³-hybridized carbons (Fsp3) is 0.100. The Hall–Kier alpha value is -3.26. The molecular formula is C20H17FN4O2S. The predicted octanol–water partition coefficient (Wildman–Crippen LogP) is 4.02. The first-order valence-corrected chi connectivity index (χ1v) is 10.4. The number of hydrogen-bond donors (Lipinski definition) is 1. The first-order chi connectivity index (χ1) is 13.3. The number of benzene rings is 2. The number of aromatic nitrogens is 3. The topological polar surface area (TPSA) is 76.9 Å². The number of hydrogen-bond acceptors (Lipinski definition) is 5. The molecular weight excluding hydrogens is 379 g/mol. The lowest BCUT2D eigenvalue weighted by atomic mass is 10.2. The Balaban J connectivity index is 1.71. The highest BCUT2D eigenvalue weighted by Crippen LogP contribution is 2.23. The molecule has 0 unspecified atom stereocenters. The molecule has 6 nitrogen and oxygen atoms in total. The molecule has 0 aliphatic carbocycles. The number of sulfone groups is 1. The standard InChI is InChI=1S/C20H17FN4O2S/c1-13-11-15(3-8-18(13)21)23-20-22-12-14-9-10-25(19(14)24-20)16-4-6-17(7-5-16)28(2,26)27/h3-12H,1-2H3,(H,22,23,24). The van der Waals surface area contributed by atoms with Gasteiger partial charge in [-0.3, -0.25) is 0 Å². The maximum atomic E-state index is 13.4. The van der Waals surface area contributed by atoms with Gasteiger partial charge in [0, 0.05) is 35.4 Å². The molecule has 0 amide bonds. The van der Waals surface area contributed by atoms with Gasteiger partial charge in [-0.15, -0.1) is 0 Å². The zero-order chi connectivity index (χ0) is 19.9. The normalized spacial score (nSPS) is 11.7. The summed E-state index contributed by atoms with van der Waals surface area (Å²) in [4.78, 5) is 9.12. The number of nitrogens with one attached hydrogen (secondary N) is 1. The van der Waals surface area contributed by atoms with Crippen molar-refractivity contribution in [3.63, 3.8) is 0 Å². The Morgan fingerprint density at radius 3 is 2.50 bits per heavy atom. The van der Waals surface area contributed by atoms with E-state index < -0.39 is 9.84 Å². The highest BCUT2D eigenvalue weighted by Gasteiger charge is 2.10. The molecule has 0 spiro atoms. The van der Waals surface area contributed by atoms with Crippen LogP contribution in [0.15, 0.2) is 65.8 Å². The third kappa shape index (κ3) is 3.46. The second-order valence-electron chi connectivity index (χ2n) is 6.51. The summed E-state index contributed by atoms with van der Waals surface area (Å²) in [6, 6.07) is 13.2. The van der Waals surface area contributed by atoms with Gasteiger partial charge in [0.2, 0.25) is 5.95 Å². The van der Waals surface area contributed by atoms with Crippen molar-refractivity contribution in [1.82, 2.24) is 14.5 Å². The predicted molar refractivity (Wildman–Crippen MR) is 106 cm³/mol. The molecule has 0 radical (unpaired) electrons. The average molecular weight is 396 g/mol. The van der Waals surface area contributed by atoms with Crippen LogP contribution in [0.25, 0.3) is 16.7 Å². The molecule has 0 aliphatic rings. The Morgan fingerprint density at radius 1 is 1.07 bits per heavy atom. The summed E-state index contributed by atoms with van der Waals surface area (Å²) in [7, 11) is -3.25. The van der Waals surface area contributed by atoms with Gasteiger partial charge in [0.15, 0.2) is 9.84 Å². The number of halogens is 1. The van der Waals surface area contributed by atoms with Crippen LogP contribution < -0.4 is 5.32 Å². The smallest absolute Gasteiger partial charge is 0.229 e. The zero-order valence-corrected chi connectivity index (χ0v) is 16.0. The Kier molecular flexibility index (Phi) is 4.35. The van der Waals surface area contributed by atoms with E-state index in [1.807, 2.05) is 16.8 Å². The van der Waals surface area contributed by atoms with Gasteiger partial charge in [0.05, 0.1) is 4.90 Å². The van der Waals surface area contributed by atoms with Crippen LogP contribution in [-0.2, 0) is 9.84 Å². The number of fused-ring (bicyclic) bond motifs is 1. The third-order valence-corrected chi connectivity index (χ3v) is 5.51. The van der Waals surface area contributed by atoms with E-state index in [0.717, 1.165) is 11.1 Å². The molecule has 2 aromatic heterocycles. The first kappa shape index (κ1) is 18.1. The first-order valence-electron chi connectivity index (χ1n) is 8.49. The lowest BCUT2D eigenvalue weighted by Gasteiger charge is -2.09. The molecule has 0 atom stereocenters. The van der Waals surface area contributed by atoms with Crippen LogP contribution in [0.5, 0.6) is 0 Å². The summed E-state index contributed by atoms with van der Waals surface area (Å²) < 4.78 is 38.6. The van der Waals surface area contributed by atoms with Gasteiger partial charge >= 0.3 is 0 Å². The average Bonchev–Trinajstić information content (AvgIpc) is 3.07. The fourth-order valence-electron chi connectivity index (χ4n) is 2.89. The zero-order valence-electron chi connectivity index (χ0n) is 15.2. The van der Waals surface area contributed by atoms with Crippen molar-refractivity contribution in [3.05, 3.63) is 72.3 Å². The summed E-state index contributed by atoms with van der Waals surface area (Å²) in [6.07, 6.45) is 4.72. The van der Waals surface area contributed by atoms with Crippen molar-refractivity contribution >= 4 is 32.5 Å². The van der Waals surface area contributed by atoms with Crippen LogP contribution >= 0.6 is 0 Å².